The van der Waals surface area contributed by atoms with Crippen LogP contribution in [-0.2, 0) is 11.3 Å². The number of nitrogens with zero attached hydrogens (tertiary/aromatic N) is 1. The Bertz CT molecular complexity index is 1050. The first-order chi connectivity index (χ1) is 16.5. The van der Waals surface area contributed by atoms with E-state index < -0.39 is 6.36 Å². The number of ether oxygens (including phenoxy) is 1. The van der Waals surface area contributed by atoms with Gasteiger partial charge in [-0.15, -0.1) is 13.2 Å². The maximum atomic E-state index is 12.5. The number of hydrogen-bond acceptors (Lipinski definition) is 4. The number of nitrogens with one attached hydrogen (secondary N) is 1. The van der Waals surface area contributed by atoms with Gasteiger partial charge in [-0.3, -0.25) is 4.79 Å². The van der Waals surface area contributed by atoms with Crippen molar-refractivity contribution in [1.82, 2.24) is 5.32 Å². The first-order valence-electron chi connectivity index (χ1n) is 11.2. The molecule has 2 N–H and O–H groups in total. The third-order valence-corrected chi connectivity index (χ3v) is 4.57. The van der Waals surface area contributed by atoms with Crippen LogP contribution in [0.25, 0.3) is 11.1 Å². The number of halogens is 3. The summed E-state index contributed by atoms with van der Waals surface area (Å²) in [5.74, 6) is 5.35. The molecule has 0 spiro atoms. The summed E-state index contributed by atoms with van der Waals surface area (Å²) in [6, 6.07) is 7.46. The highest BCUT2D eigenvalue weighted by Crippen LogP contribution is 2.36. The molecule has 0 fully saturated rings. The smallest absolute Gasteiger partial charge is 0.406 e. The van der Waals surface area contributed by atoms with E-state index in [1.165, 1.54) is 24.6 Å². The topological polar surface area (TPSA) is 61.8 Å². The van der Waals surface area contributed by atoms with Gasteiger partial charge in [0, 0.05) is 27.1 Å². The van der Waals surface area contributed by atoms with Gasteiger partial charge in [0.25, 0.3) is 0 Å². The second-order valence-electron chi connectivity index (χ2n) is 7.80. The van der Waals surface area contributed by atoms with Crippen molar-refractivity contribution in [2.75, 3.05) is 25.6 Å². The predicted octanol–water partition coefficient (Wildman–Crippen LogP) is 5.58. The third kappa shape index (κ3) is 9.38. The molecule has 1 amide bonds. The van der Waals surface area contributed by atoms with E-state index in [4.69, 9.17) is 5.11 Å². The SMILES string of the molecule is C=CC(=O)NCc1cc(-c2ccc(OC(F)(F)F)cc2)c(C)c(N(C)C)c1C#CCCO.CCC. The highest BCUT2D eigenvalue weighted by atomic mass is 19.4. The van der Waals surface area contributed by atoms with Gasteiger partial charge >= 0.3 is 6.36 Å². The summed E-state index contributed by atoms with van der Waals surface area (Å²) in [7, 11) is 3.71. The van der Waals surface area contributed by atoms with Crippen molar-refractivity contribution in [3.63, 3.8) is 0 Å². The van der Waals surface area contributed by atoms with Crippen molar-refractivity contribution in [2.24, 2.45) is 0 Å². The van der Waals surface area contributed by atoms with E-state index in [0.29, 0.717) is 17.5 Å². The molecular formula is C27H33F3N2O3. The van der Waals surface area contributed by atoms with Gasteiger partial charge in [-0.2, -0.15) is 0 Å². The number of aliphatic hydroxyl groups excluding tert-OH is 1. The van der Waals surface area contributed by atoms with Crippen LogP contribution in [0.15, 0.2) is 43.0 Å². The molecule has 0 bridgehead atoms. The molecule has 0 heterocycles. The summed E-state index contributed by atoms with van der Waals surface area (Å²) in [6.07, 6.45) is -2.05. The van der Waals surface area contributed by atoms with Crippen LogP contribution in [0.1, 0.15) is 43.4 Å². The van der Waals surface area contributed by atoms with Crippen LogP contribution in [-0.4, -0.2) is 38.1 Å². The number of carbonyl (C=O) groups is 1. The fourth-order valence-corrected chi connectivity index (χ4v) is 3.26. The molecule has 0 atom stereocenters. The van der Waals surface area contributed by atoms with Crippen LogP contribution < -0.4 is 15.0 Å². The van der Waals surface area contributed by atoms with Crippen LogP contribution in [0.5, 0.6) is 5.75 Å². The Balaban J connectivity index is 0.00000194. The minimum atomic E-state index is -4.76. The first-order valence-corrected chi connectivity index (χ1v) is 11.2. The Labute approximate surface area is 205 Å². The standard InChI is InChI=1S/C24H25F3N2O3.C3H8/c1-5-22(31)28-15-18-14-21(17-9-11-19(12-10-17)32-24(25,26)27)16(2)23(29(3)4)20(18)8-6-7-13-30;1-3-2/h5,9-12,14,30H,1,7,13,15H2,2-4H3,(H,28,31);3H2,1-2H3. The molecule has 0 aliphatic carbocycles. The predicted molar refractivity (Wildman–Crippen MR) is 134 cm³/mol. The van der Waals surface area contributed by atoms with Gasteiger partial charge in [-0.25, -0.2) is 0 Å². The van der Waals surface area contributed by atoms with Crippen LogP contribution in [0.3, 0.4) is 0 Å². The second kappa shape index (κ2) is 14.1. The fourth-order valence-electron chi connectivity index (χ4n) is 3.26. The van der Waals surface area contributed by atoms with Crippen molar-refractivity contribution in [3.05, 3.63) is 59.7 Å². The first kappa shape index (κ1) is 29.6. The van der Waals surface area contributed by atoms with Crippen molar-refractivity contribution in [1.29, 1.82) is 0 Å². The lowest BCUT2D eigenvalue weighted by Gasteiger charge is -2.24. The number of benzene rings is 2. The zero-order chi connectivity index (χ0) is 26.6. The van der Waals surface area contributed by atoms with Gasteiger partial charge < -0.3 is 20.1 Å². The summed E-state index contributed by atoms with van der Waals surface area (Å²) in [4.78, 5) is 13.6. The monoisotopic (exact) mass is 490 g/mol. The molecule has 2 rings (SSSR count). The van der Waals surface area contributed by atoms with E-state index in [-0.39, 0.29) is 24.8 Å². The van der Waals surface area contributed by atoms with Crippen LogP contribution in [0.2, 0.25) is 0 Å². The lowest BCUT2D eigenvalue weighted by molar-refractivity contribution is -0.274. The summed E-state index contributed by atoms with van der Waals surface area (Å²) in [5.41, 5.74) is 4.57. The Kier molecular flexibility index (Phi) is 11.9. The largest absolute Gasteiger partial charge is 0.573 e. The molecule has 0 aromatic heterocycles. The summed E-state index contributed by atoms with van der Waals surface area (Å²) >= 11 is 0. The van der Waals surface area contributed by atoms with E-state index in [9.17, 15) is 18.0 Å². The molecule has 0 unspecified atom stereocenters. The Morgan fingerprint density at radius 2 is 1.83 bits per heavy atom. The Morgan fingerprint density at radius 1 is 1.23 bits per heavy atom. The summed E-state index contributed by atoms with van der Waals surface area (Å²) < 4.78 is 41.4. The number of carbonyl (C=O) groups excluding carboxylic acids is 1. The van der Waals surface area contributed by atoms with Gasteiger partial charge in [0.05, 0.1) is 17.9 Å². The molecule has 5 nitrogen and oxygen atoms in total. The molecule has 2 aromatic rings. The van der Waals surface area contributed by atoms with Crippen molar-refractivity contribution in [2.45, 2.75) is 46.5 Å². The van der Waals surface area contributed by atoms with Gasteiger partial charge in [0.2, 0.25) is 5.91 Å². The minimum absolute atomic E-state index is 0.0732. The van der Waals surface area contributed by atoms with E-state index >= 15 is 0 Å². The molecule has 0 radical (unpaired) electrons. The Morgan fingerprint density at radius 3 is 2.31 bits per heavy atom. The zero-order valence-corrected chi connectivity index (χ0v) is 20.8. The van der Waals surface area contributed by atoms with Crippen molar-refractivity contribution >= 4 is 11.6 Å². The lowest BCUT2D eigenvalue weighted by atomic mass is 9.91. The Hall–Kier alpha value is -3.44. The average Bonchev–Trinajstić information content (AvgIpc) is 2.78. The van der Waals surface area contributed by atoms with Gasteiger partial charge in [0.1, 0.15) is 5.75 Å². The molecule has 35 heavy (non-hydrogen) atoms. The maximum Gasteiger partial charge on any atom is 0.573 e. The molecule has 8 heteroatoms. The number of hydrogen-bond donors (Lipinski definition) is 2. The zero-order valence-electron chi connectivity index (χ0n) is 20.8. The minimum Gasteiger partial charge on any atom is -0.406 e. The van der Waals surface area contributed by atoms with Crippen molar-refractivity contribution in [3.8, 4) is 28.7 Å². The second-order valence-corrected chi connectivity index (χ2v) is 7.80. The van der Waals surface area contributed by atoms with E-state index in [1.807, 2.05) is 32.0 Å². The fraction of sp³-hybridized carbons (Fsp3) is 0.370. The van der Waals surface area contributed by atoms with Crippen LogP contribution in [0.4, 0.5) is 18.9 Å². The molecule has 0 saturated heterocycles. The number of alkyl halides is 3. The summed E-state index contributed by atoms with van der Waals surface area (Å²) in [6.45, 7) is 9.70. The van der Waals surface area contributed by atoms with Gasteiger partial charge in [0.15, 0.2) is 0 Å². The molecule has 190 valence electrons. The normalized spacial score (nSPS) is 10.3. The summed E-state index contributed by atoms with van der Waals surface area (Å²) in [5, 5.41) is 11.8. The maximum absolute atomic E-state index is 12.5. The van der Waals surface area contributed by atoms with E-state index in [1.54, 1.807) is 12.1 Å². The quantitative estimate of drug-likeness (QED) is 0.393. The molecule has 0 saturated carbocycles. The number of amides is 1. The molecule has 0 aliphatic heterocycles. The molecular weight excluding hydrogens is 457 g/mol. The van der Waals surface area contributed by atoms with E-state index in [0.717, 1.165) is 22.4 Å². The van der Waals surface area contributed by atoms with Crippen LogP contribution >= 0.6 is 0 Å². The number of aliphatic hydroxyl groups is 1. The average molecular weight is 491 g/mol. The van der Waals surface area contributed by atoms with Crippen LogP contribution in [0, 0.1) is 18.8 Å². The highest BCUT2D eigenvalue weighted by Gasteiger charge is 2.31. The lowest BCUT2D eigenvalue weighted by Crippen LogP contribution is -2.22. The van der Waals surface area contributed by atoms with Crippen molar-refractivity contribution < 1.29 is 27.8 Å². The molecule has 2 aromatic carbocycles. The highest BCUT2D eigenvalue weighted by molar-refractivity contribution is 5.87. The molecule has 0 aliphatic rings. The third-order valence-electron chi connectivity index (χ3n) is 4.57. The number of rotatable bonds is 7. The van der Waals surface area contributed by atoms with Gasteiger partial charge in [-0.1, -0.05) is 50.8 Å². The number of anilines is 1. The van der Waals surface area contributed by atoms with Gasteiger partial charge in [-0.05, 0) is 53.5 Å². The van der Waals surface area contributed by atoms with E-state index in [2.05, 4.69) is 42.3 Å².